The summed E-state index contributed by atoms with van der Waals surface area (Å²) in [6.45, 7) is 0.252. The van der Waals surface area contributed by atoms with Gasteiger partial charge < -0.3 is 5.32 Å². The van der Waals surface area contributed by atoms with Gasteiger partial charge in [0.1, 0.15) is 0 Å². The van der Waals surface area contributed by atoms with Gasteiger partial charge in [-0.3, -0.25) is 4.79 Å². The predicted octanol–water partition coefficient (Wildman–Crippen LogP) is 4.27. The van der Waals surface area contributed by atoms with Crippen LogP contribution in [0.1, 0.15) is 30.0 Å². The van der Waals surface area contributed by atoms with E-state index in [0.717, 1.165) is 23.3 Å². The molecule has 8 heteroatoms. The molecule has 0 radical (unpaired) electrons. The molecule has 1 saturated heterocycles. The number of rotatable bonds is 6. The molecule has 0 bridgehead atoms. The largest absolute Gasteiger partial charge is 0.345 e. The summed E-state index contributed by atoms with van der Waals surface area (Å²) in [5, 5.41) is 3.12. The molecule has 33 heavy (non-hydrogen) atoms. The second kappa shape index (κ2) is 9.80. The molecular weight excluding hydrogens is 446 g/mol. The van der Waals surface area contributed by atoms with Gasteiger partial charge in [-0.05, 0) is 42.2 Å². The summed E-state index contributed by atoms with van der Waals surface area (Å²) in [7, 11) is -3.96. The number of hydrogen-bond acceptors (Lipinski definition) is 3. The Morgan fingerprint density at radius 2 is 1.39 bits per heavy atom. The number of piperidine rings is 1. The molecule has 5 nitrogen and oxygen atoms in total. The number of hydrogen-bond donors (Lipinski definition) is 1. The molecule has 1 N–H and O–H groups in total. The average Bonchev–Trinajstić information content (AvgIpc) is 2.85. The zero-order chi connectivity index (χ0) is 23.4. The number of carbonyl (C=O) groups excluding carboxylic acids is 1. The van der Waals surface area contributed by atoms with Gasteiger partial charge in [0, 0.05) is 19.0 Å². The van der Waals surface area contributed by atoms with Gasteiger partial charge in [-0.15, -0.1) is 0 Å². The first-order valence-corrected chi connectivity index (χ1v) is 12.2. The maximum atomic E-state index is 13.5. The van der Waals surface area contributed by atoms with E-state index in [4.69, 9.17) is 0 Å². The highest BCUT2D eigenvalue weighted by atomic mass is 32.2. The molecule has 1 fully saturated rings. The first-order chi connectivity index (χ1) is 15.9. The third-order valence-corrected chi connectivity index (χ3v) is 7.80. The Kier molecular flexibility index (Phi) is 6.85. The first-order valence-electron chi connectivity index (χ1n) is 10.7. The first kappa shape index (κ1) is 23.1. The normalized spacial score (nSPS) is 15.5. The molecule has 0 saturated carbocycles. The minimum absolute atomic E-state index is 0.126. The minimum atomic E-state index is -3.96. The highest BCUT2D eigenvalue weighted by molar-refractivity contribution is 7.89. The van der Waals surface area contributed by atoms with Gasteiger partial charge in [-0.2, -0.15) is 4.31 Å². The fourth-order valence-electron chi connectivity index (χ4n) is 4.05. The van der Waals surface area contributed by atoms with Crippen molar-refractivity contribution in [3.05, 3.63) is 102 Å². The summed E-state index contributed by atoms with van der Waals surface area (Å²) in [5.74, 6) is -2.80. The molecule has 0 unspecified atom stereocenters. The van der Waals surface area contributed by atoms with Crippen molar-refractivity contribution in [2.75, 3.05) is 13.1 Å². The monoisotopic (exact) mass is 470 g/mol. The number of nitrogens with zero attached hydrogens (tertiary/aromatic N) is 1. The summed E-state index contributed by atoms with van der Waals surface area (Å²) < 4.78 is 53.6. The van der Waals surface area contributed by atoms with Crippen LogP contribution in [-0.2, 0) is 14.8 Å². The molecule has 0 spiro atoms. The maximum absolute atomic E-state index is 13.5. The number of carbonyl (C=O) groups is 1. The number of amides is 1. The average molecular weight is 471 g/mol. The van der Waals surface area contributed by atoms with Crippen LogP contribution in [0.5, 0.6) is 0 Å². The fourth-order valence-corrected chi connectivity index (χ4v) is 5.54. The van der Waals surface area contributed by atoms with Crippen LogP contribution >= 0.6 is 0 Å². The lowest BCUT2D eigenvalue weighted by atomic mass is 9.94. The van der Waals surface area contributed by atoms with Crippen molar-refractivity contribution in [2.24, 2.45) is 5.92 Å². The molecule has 4 rings (SSSR count). The lowest BCUT2D eigenvalue weighted by Gasteiger charge is -2.31. The molecule has 1 aliphatic rings. The molecule has 0 aliphatic carbocycles. The molecule has 1 amide bonds. The van der Waals surface area contributed by atoms with E-state index in [1.54, 1.807) is 0 Å². The Morgan fingerprint density at radius 1 is 0.848 bits per heavy atom. The Morgan fingerprint density at radius 3 is 1.91 bits per heavy atom. The SMILES string of the molecule is O=C(NC(c1ccccc1)c1ccccc1)C1CCN(S(=O)(=O)c2ccc(F)c(F)c2)CC1. The van der Waals surface area contributed by atoms with E-state index in [-0.39, 0.29) is 35.9 Å². The second-order valence-corrected chi connectivity index (χ2v) is 9.96. The minimum Gasteiger partial charge on any atom is -0.345 e. The van der Waals surface area contributed by atoms with Gasteiger partial charge in [-0.25, -0.2) is 17.2 Å². The third kappa shape index (κ3) is 5.12. The van der Waals surface area contributed by atoms with Crippen molar-refractivity contribution in [3.8, 4) is 0 Å². The van der Waals surface area contributed by atoms with E-state index in [9.17, 15) is 22.0 Å². The van der Waals surface area contributed by atoms with Crippen LogP contribution in [0.25, 0.3) is 0 Å². The Balaban J connectivity index is 1.45. The maximum Gasteiger partial charge on any atom is 0.243 e. The number of nitrogens with one attached hydrogen (secondary N) is 1. The van der Waals surface area contributed by atoms with Gasteiger partial charge in [-0.1, -0.05) is 60.7 Å². The van der Waals surface area contributed by atoms with Crippen LogP contribution in [-0.4, -0.2) is 31.7 Å². The highest BCUT2D eigenvalue weighted by Crippen LogP contribution is 2.27. The quantitative estimate of drug-likeness (QED) is 0.585. The molecule has 172 valence electrons. The number of sulfonamides is 1. The zero-order valence-corrected chi connectivity index (χ0v) is 18.6. The van der Waals surface area contributed by atoms with E-state index in [2.05, 4.69) is 5.32 Å². The Bertz CT molecular complexity index is 1170. The summed E-state index contributed by atoms with van der Waals surface area (Å²) in [6, 6.07) is 21.5. The molecule has 3 aromatic rings. The van der Waals surface area contributed by atoms with E-state index >= 15 is 0 Å². The molecular formula is C25H24F2N2O3S. The van der Waals surface area contributed by atoms with Gasteiger partial charge >= 0.3 is 0 Å². The zero-order valence-electron chi connectivity index (χ0n) is 17.8. The van der Waals surface area contributed by atoms with Gasteiger partial charge in [0.2, 0.25) is 15.9 Å². The van der Waals surface area contributed by atoms with Crippen molar-refractivity contribution in [1.82, 2.24) is 9.62 Å². The Hall–Kier alpha value is -3.10. The third-order valence-electron chi connectivity index (χ3n) is 5.91. The molecule has 3 aromatic carbocycles. The Labute approximate surface area is 192 Å². The van der Waals surface area contributed by atoms with Crippen molar-refractivity contribution in [3.63, 3.8) is 0 Å². The van der Waals surface area contributed by atoms with Crippen LogP contribution in [0, 0.1) is 17.6 Å². The number of halogens is 2. The van der Waals surface area contributed by atoms with Gasteiger partial charge in [0.05, 0.1) is 10.9 Å². The smallest absolute Gasteiger partial charge is 0.243 e. The molecule has 1 heterocycles. The standard InChI is InChI=1S/C25H24F2N2O3S/c26-22-12-11-21(17-23(22)27)33(31,32)29-15-13-20(14-16-29)25(30)28-24(18-7-3-1-4-8-18)19-9-5-2-6-10-19/h1-12,17,20,24H,13-16H2,(H,28,30). The van der Waals surface area contributed by atoms with Crippen molar-refractivity contribution < 1.29 is 22.0 Å². The topological polar surface area (TPSA) is 66.5 Å². The predicted molar refractivity (Wildman–Crippen MR) is 121 cm³/mol. The van der Waals surface area contributed by atoms with Crippen LogP contribution in [0.3, 0.4) is 0 Å². The highest BCUT2D eigenvalue weighted by Gasteiger charge is 2.33. The van der Waals surface area contributed by atoms with E-state index in [1.165, 1.54) is 4.31 Å². The second-order valence-electron chi connectivity index (χ2n) is 8.02. The van der Waals surface area contributed by atoms with E-state index in [0.29, 0.717) is 18.9 Å². The van der Waals surface area contributed by atoms with E-state index < -0.39 is 21.7 Å². The summed E-state index contributed by atoms with van der Waals surface area (Å²) in [6.07, 6.45) is 0.677. The lowest BCUT2D eigenvalue weighted by Crippen LogP contribution is -2.43. The van der Waals surface area contributed by atoms with Crippen molar-refractivity contribution in [2.45, 2.75) is 23.8 Å². The van der Waals surface area contributed by atoms with Crippen LogP contribution in [0.4, 0.5) is 8.78 Å². The van der Waals surface area contributed by atoms with Crippen LogP contribution in [0.15, 0.2) is 83.8 Å². The summed E-state index contributed by atoms with van der Waals surface area (Å²) in [5.41, 5.74) is 1.91. The van der Waals surface area contributed by atoms with Crippen molar-refractivity contribution >= 4 is 15.9 Å². The van der Waals surface area contributed by atoms with Crippen LogP contribution in [0.2, 0.25) is 0 Å². The summed E-state index contributed by atoms with van der Waals surface area (Å²) in [4.78, 5) is 12.8. The lowest BCUT2D eigenvalue weighted by molar-refractivity contribution is -0.126. The van der Waals surface area contributed by atoms with Crippen molar-refractivity contribution in [1.29, 1.82) is 0 Å². The summed E-state index contributed by atoms with van der Waals surface area (Å²) >= 11 is 0. The van der Waals surface area contributed by atoms with Gasteiger partial charge in [0.15, 0.2) is 11.6 Å². The molecule has 0 aromatic heterocycles. The van der Waals surface area contributed by atoms with E-state index in [1.807, 2.05) is 60.7 Å². The fraction of sp³-hybridized carbons (Fsp3) is 0.240. The molecule has 1 aliphatic heterocycles. The molecule has 0 atom stereocenters. The number of benzene rings is 3. The van der Waals surface area contributed by atoms with Crippen LogP contribution < -0.4 is 5.32 Å². The van der Waals surface area contributed by atoms with Gasteiger partial charge in [0.25, 0.3) is 0 Å².